The first-order valence-corrected chi connectivity index (χ1v) is 10.4. The maximum Gasteiger partial charge on any atom is 0.291 e. The van der Waals surface area contributed by atoms with Crippen molar-refractivity contribution in [1.29, 1.82) is 0 Å². The highest BCUT2D eigenvalue weighted by molar-refractivity contribution is 14.1. The maximum atomic E-state index is 12.6. The fraction of sp³-hybridized carbons (Fsp3) is 0.150. The number of ether oxygens (including phenoxy) is 1. The lowest BCUT2D eigenvalue weighted by Gasteiger charge is -2.04. The largest absolute Gasteiger partial charge is 0.494 e. The van der Waals surface area contributed by atoms with Crippen molar-refractivity contribution >= 4 is 45.0 Å². The maximum absolute atomic E-state index is 12.6. The Morgan fingerprint density at radius 2 is 1.89 bits per heavy atom. The van der Waals surface area contributed by atoms with E-state index in [1.165, 1.54) is 15.9 Å². The average molecular weight is 489 g/mol. The van der Waals surface area contributed by atoms with E-state index in [2.05, 4.69) is 39.6 Å². The minimum absolute atomic E-state index is 0.143. The Labute approximate surface area is 173 Å². The van der Waals surface area contributed by atoms with Gasteiger partial charge in [-0.2, -0.15) is 9.50 Å². The predicted molar refractivity (Wildman–Crippen MR) is 116 cm³/mol. The lowest BCUT2D eigenvalue weighted by molar-refractivity contribution is 0.317. The summed E-state index contributed by atoms with van der Waals surface area (Å²) >= 11 is 3.60. The van der Waals surface area contributed by atoms with Crippen LogP contribution in [-0.2, 0) is 0 Å². The third-order valence-corrected chi connectivity index (χ3v) is 5.61. The van der Waals surface area contributed by atoms with Crippen LogP contribution in [0.1, 0.15) is 18.9 Å². The first-order chi connectivity index (χ1) is 13.1. The molecule has 0 aliphatic heterocycles. The topological polar surface area (TPSA) is 56.5 Å². The van der Waals surface area contributed by atoms with E-state index in [1.54, 1.807) is 0 Å². The number of hydrogen-bond donors (Lipinski definition) is 0. The van der Waals surface area contributed by atoms with E-state index in [-0.39, 0.29) is 5.56 Å². The Kier molecular flexibility index (Phi) is 5.22. The number of rotatable bonds is 5. The van der Waals surface area contributed by atoms with Crippen LogP contribution in [-0.4, -0.2) is 21.2 Å². The van der Waals surface area contributed by atoms with E-state index in [1.807, 2.05) is 54.6 Å². The first-order valence-electron chi connectivity index (χ1n) is 8.54. The molecule has 0 radical (unpaired) electrons. The molecule has 2 aromatic heterocycles. The Bertz CT molecular complexity index is 1180. The van der Waals surface area contributed by atoms with E-state index < -0.39 is 0 Å². The van der Waals surface area contributed by atoms with Crippen molar-refractivity contribution in [2.75, 3.05) is 6.61 Å². The van der Waals surface area contributed by atoms with Gasteiger partial charge in [-0.25, -0.2) is 0 Å². The quantitative estimate of drug-likeness (QED) is 0.401. The summed E-state index contributed by atoms with van der Waals surface area (Å²) in [7, 11) is 0. The van der Waals surface area contributed by atoms with Gasteiger partial charge in [-0.05, 0) is 77.0 Å². The Morgan fingerprint density at radius 3 is 2.56 bits per heavy atom. The molecule has 27 heavy (non-hydrogen) atoms. The number of hydrogen-bond acceptors (Lipinski definition) is 5. The van der Waals surface area contributed by atoms with Crippen LogP contribution in [0.25, 0.3) is 22.4 Å². The Morgan fingerprint density at radius 1 is 1.15 bits per heavy atom. The molecule has 5 nitrogen and oxygen atoms in total. The Balaban J connectivity index is 1.66. The third-order valence-electron chi connectivity index (χ3n) is 3.93. The number of halogens is 1. The molecule has 0 fully saturated rings. The van der Waals surface area contributed by atoms with Gasteiger partial charge in [0, 0.05) is 9.13 Å². The number of fused-ring (bicyclic) bond motifs is 1. The van der Waals surface area contributed by atoms with Crippen molar-refractivity contribution in [3.05, 3.63) is 72.6 Å². The van der Waals surface area contributed by atoms with E-state index >= 15 is 0 Å². The number of nitrogens with zero attached hydrogens (tertiary/aromatic N) is 3. The summed E-state index contributed by atoms with van der Waals surface area (Å²) in [4.78, 5) is 17.8. The number of aromatic nitrogens is 3. The van der Waals surface area contributed by atoms with Crippen LogP contribution in [0.3, 0.4) is 0 Å². The fourth-order valence-electron chi connectivity index (χ4n) is 2.59. The second-order valence-corrected chi connectivity index (χ2v) is 8.22. The molecule has 0 aliphatic carbocycles. The summed E-state index contributed by atoms with van der Waals surface area (Å²) < 4.78 is 8.75. The zero-order valence-corrected chi connectivity index (χ0v) is 17.5. The van der Waals surface area contributed by atoms with E-state index in [4.69, 9.17) is 4.74 Å². The molecule has 2 aromatic carbocycles. The smallest absolute Gasteiger partial charge is 0.291 e. The average Bonchev–Trinajstić information content (AvgIpc) is 3.22. The second-order valence-electron chi connectivity index (χ2n) is 5.97. The molecule has 7 heteroatoms. The first kappa shape index (κ1) is 18.1. The van der Waals surface area contributed by atoms with E-state index in [9.17, 15) is 4.79 Å². The van der Waals surface area contributed by atoms with Gasteiger partial charge in [0.1, 0.15) is 5.75 Å². The van der Waals surface area contributed by atoms with Crippen LogP contribution in [0.15, 0.2) is 53.3 Å². The molecule has 136 valence electrons. The van der Waals surface area contributed by atoms with Gasteiger partial charge in [0.25, 0.3) is 5.56 Å². The lowest BCUT2D eigenvalue weighted by atomic mass is 10.2. The van der Waals surface area contributed by atoms with Gasteiger partial charge in [0.05, 0.1) is 11.1 Å². The van der Waals surface area contributed by atoms with Crippen molar-refractivity contribution in [2.24, 2.45) is 0 Å². The van der Waals surface area contributed by atoms with Gasteiger partial charge in [0.15, 0.2) is 5.82 Å². The Hall–Kier alpha value is -2.26. The van der Waals surface area contributed by atoms with E-state index in [0.29, 0.717) is 21.9 Å². The van der Waals surface area contributed by atoms with Gasteiger partial charge in [-0.3, -0.25) is 4.79 Å². The molecule has 0 N–H and O–H groups in total. The zero-order chi connectivity index (χ0) is 18.8. The predicted octanol–water partition coefficient (Wildman–Crippen LogP) is 3.76. The summed E-state index contributed by atoms with van der Waals surface area (Å²) in [5.74, 6) is 1.36. The van der Waals surface area contributed by atoms with Crippen LogP contribution < -0.4 is 14.8 Å². The summed E-state index contributed by atoms with van der Waals surface area (Å²) in [5.41, 5.74) is 1.70. The highest BCUT2D eigenvalue weighted by Gasteiger charge is 2.12. The molecule has 0 aliphatic rings. The summed E-state index contributed by atoms with van der Waals surface area (Å²) in [6.45, 7) is 2.76. The van der Waals surface area contributed by atoms with E-state index in [0.717, 1.165) is 26.9 Å². The third kappa shape index (κ3) is 3.89. The van der Waals surface area contributed by atoms with Crippen molar-refractivity contribution in [2.45, 2.75) is 13.3 Å². The SMILES string of the molecule is CCCOc1ccc(-c2nc3sc(=Cc4ccc(I)cc4)c(=O)n3n2)cc1. The van der Waals surface area contributed by atoms with Gasteiger partial charge >= 0.3 is 0 Å². The van der Waals surface area contributed by atoms with Crippen LogP contribution in [0.5, 0.6) is 5.75 Å². The standard InChI is InChI=1S/C20H16IN3O2S/c1-2-11-26-16-9-5-14(6-10-16)18-22-20-24(23-18)19(25)17(27-20)12-13-3-7-15(21)8-4-13/h3-10,12H,2,11H2,1H3. The van der Waals surface area contributed by atoms with Crippen molar-refractivity contribution in [3.63, 3.8) is 0 Å². The molecule has 0 spiro atoms. The number of thiazole rings is 1. The monoisotopic (exact) mass is 489 g/mol. The molecule has 4 rings (SSSR count). The molecule has 2 heterocycles. The molecule has 0 amide bonds. The van der Waals surface area contributed by atoms with Gasteiger partial charge in [0.2, 0.25) is 4.96 Å². The molecular formula is C20H16IN3O2S. The molecular weight excluding hydrogens is 473 g/mol. The van der Waals surface area contributed by atoms with Gasteiger partial charge in [-0.15, -0.1) is 5.10 Å². The molecule has 4 aromatic rings. The molecule has 0 saturated carbocycles. The van der Waals surface area contributed by atoms with Crippen molar-refractivity contribution in [1.82, 2.24) is 14.6 Å². The lowest BCUT2D eigenvalue weighted by Crippen LogP contribution is -2.23. The van der Waals surface area contributed by atoms with Crippen molar-refractivity contribution < 1.29 is 4.74 Å². The van der Waals surface area contributed by atoms with Crippen molar-refractivity contribution in [3.8, 4) is 17.1 Å². The van der Waals surface area contributed by atoms with Gasteiger partial charge in [-0.1, -0.05) is 30.4 Å². The minimum Gasteiger partial charge on any atom is -0.494 e. The van der Waals surface area contributed by atoms with Gasteiger partial charge < -0.3 is 4.74 Å². The summed E-state index contributed by atoms with van der Waals surface area (Å²) in [6, 6.07) is 15.6. The minimum atomic E-state index is -0.143. The van der Waals surface area contributed by atoms with Crippen LogP contribution in [0.4, 0.5) is 0 Å². The highest BCUT2D eigenvalue weighted by atomic mass is 127. The number of benzene rings is 2. The normalized spacial score (nSPS) is 12.0. The highest BCUT2D eigenvalue weighted by Crippen LogP contribution is 2.20. The van der Waals surface area contributed by atoms with Crippen LogP contribution >= 0.6 is 33.9 Å². The summed E-state index contributed by atoms with van der Waals surface area (Å²) in [6.07, 6.45) is 2.84. The molecule has 0 saturated heterocycles. The van der Waals surface area contributed by atoms with Crippen LogP contribution in [0, 0.1) is 3.57 Å². The van der Waals surface area contributed by atoms with Crippen LogP contribution in [0.2, 0.25) is 0 Å². The molecule has 0 bridgehead atoms. The summed E-state index contributed by atoms with van der Waals surface area (Å²) in [5, 5.41) is 4.39. The molecule has 0 unspecified atom stereocenters. The second kappa shape index (κ2) is 7.77. The molecule has 0 atom stereocenters. The fourth-order valence-corrected chi connectivity index (χ4v) is 3.85. The zero-order valence-electron chi connectivity index (χ0n) is 14.6.